The van der Waals surface area contributed by atoms with Gasteiger partial charge in [-0.15, -0.1) is 0 Å². The number of ether oxygens (including phenoxy) is 1. The number of nitrogens with zero attached hydrogens (tertiary/aromatic N) is 3. The number of aromatic nitrogens is 1. The Bertz CT molecular complexity index is 786. The van der Waals surface area contributed by atoms with Crippen LogP contribution in [0.25, 0.3) is 6.08 Å². The number of pyridine rings is 1. The minimum Gasteiger partial charge on any atom is -0.497 e. The molecule has 24 heavy (non-hydrogen) atoms. The summed E-state index contributed by atoms with van der Waals surface area (Å²) < 4.78 is 5.15. The molecule has 6 heteroatoms. The zero-order chi connectivity index (χ0) is 16.9. The largest absolute Gasteiger partial charge is 0.497 e. The molecule has 0 radical (unpaired) electrons. The van der Waals surface area contributed by atoms with E-state index < -0.39 is 0 Å². The van der Waals surface area contributed by atoms with Crippen LogP contribution in [0, 0.1) is 0 Å². The van der Waals surface area contributed by atoms with Gasteiger partial charge in [0.1, 0.15) is 5.75 Å². The van der Waals surface area contributed by atoms with E-state index in [-0.39, 0.29) is 5.91 Å². The second-order valence-electron chi connectivity index (χ2n) is 5.04. The minimum atomic E-state index is -0.0269. The van der Waals surface area contributed by atoms with Crippen LogP contribution < -0.4 is 4.74 Å². The molecule has 1 aromatic carbocycles. The molecule has 0 bridgehead atoms. The fourth-order valence-corrected chi connectivity index (χ4v) is 3.31. The van der Waals surface area contributed by atoms with Gasteiger partial charge in [-0.1, -0.05) is 12.1 Å². The van der Waals surface area contributed by atoms with Gasteiger partial charge in [0.25, 0.3) is 5.91 Å². The second-order valence-corrected chi connectivity index (χ2v) is 6.05. The molecule has 0 saturated carbocycles. The molecule has 0 N–H and O–H groups in total. The lowest BCUT2D eigenvalue weighted by atomic mass is 10.2. The number of carbonyl (C=O) groups is 1. The molecule has 1 aliphatic rings. The van der Waals surface area contributed by atoms with Crippen LogP contribution in [0.1, 0.15) is 12.5 Å². The maximum absolute atomic E-state index is 12.6. The number of hydrogen-bond acceptors (Lipinski definition) is 5. The van der Waals surface area contributed by atoms with E-state index in [1.165, 1.54) is 11.8 Å². The number of benzene rings is 1. The molecule has 0 spiro atoms. The standard InChI is InChI=1S/C18H17N3O2S/c1-3-21-17(22)16(11-13-6-8-15(23-2)9-7-13)24-18(21)20-14-5-4-10-19-12-14/h4-12H,3H2,1-2H3/b16-11-,20-18?. The molecule has 5 nitrogen and oxygen atoms in total. The van der Waals surface area contributed by atoms with Crippen molar-refractivity contribution in [2.45, 2.75) is 6.92 Å². The first-order valence-electron chi connectivity index (χ1n) is 7.55. The van der Waals surface area contributed by atoms with Crippen molar-refractivity contribution in [3.05, 3.63) is 59.3 Å². The molecular weight excluding hydrogens is 322 g/mol. The lowest BCUT2D eigenvalue weighted by Crippen LogP contribution is -2.28. The number of methoxy groups -OCH3 is 1. The minimum absolute atomic E-state index is 0.0269. The quantitative estimate of drug-likeness (QED) is 0.797. The van der Waals surface area contributed by atoms with Crippen molar-refractivity contribution >= 4 is 34.6 Å². The molecule has 3 rings (SSSR count). The fourth-order valence-electron chi connectivity index (χ4n) is 2.25. The van der Waals surface area contributed by atoms with Gasteiger partial charge in [-0.3, -0.25) is 14.7 Å². The Morgan fingerprint density at radius 2 is 2.08 bits per heavy atom. The third-order valence-electron chi connectivity index (χ3n) is 3.49. The van der Waals surface area contributed by atoms with Gasteiger partial charge in [-0.2, -0.15) is 0 Å². The van der Waals surface area contributed by atoms with Crippen LogP contribution in [0.5, 0.6) is 5.75 Å². The second kappa shape index (κ2) is 7.31. The van der Waals surface area contributed by atoms with Crippen LogP contribution in [0.15, 0.2) is 58.7 Å². The van der Waals surface area contributed by atoms with E-state index >= 15 is 0 Å². The highest BCUT2D eigenvalue weighted by Crippen LogP contribution is 2.33. The first kappa shape index (κ1) is 16.3. The molecule has 1 saturated heterocycles. The van der Waals surface area contributed by atoms with Gasteiger partial charge in [-0.05, 0) is 54.6 Å². The molecule has 0 unspecified atom stereocenters. The molecule has 0 atom stereocenters. The summed E-state index contributed by atoms with van der Waals surface area (Å²) in [4.78, 5) is 23.5. The predicted octanol–water partition coefficient (Wildman–Crippen LogP) is 3.71. The number of hydrogen-bond donors (Lipinski definition) is 0. The van der Waals surface area contributed by atoms with Crippen molar-refractivity contribution in [3.63, 3.8) is 0 Å². The molecule has 1 fully saturated rings. The van der Waals surface area contributed by atoms with E-state index in [0.29, 0.717) is 16.6 Å². The summed E-state index contributed by atoms with van der Waals surface area (Å²) >= 11 is 1.38. The summed E-state index contributed by atoms with van der Waals surface area (Å²) in [5, 5.41) is 0.676. The van der Waals surface area contributed by atoms with Crippen molar-refractivity contribution in [3.8, 4) is 5.75 Å². The molecule has 0 aliphatic carbocycles. The third kappa shape index (κ3) is 3.49. The van der Waals surface area contributed by atoms with E-state index in [2.05, 4.69) is 9.98 Å². The summed E-state index contributed by atoms with van der Waals surface area (Å²) in [7, 11) is 1.63. The molecule has 1 aromatic heterocycles. The maximum Gasteiger partial charge on any atom is 0.266 e. The number of rotatable bonds is 4. The monoisotopic (exact) mass is 339 g/mol. The van der Waals surface area contributed by atoms with Crippen LogP contribution in [-0.2, 0) is 4.79 Å². The first-order chi connectivity index (χ1) is 11.7. The number of amides is 1. The van der Waals surface area contributed by atoms with Crippen LogP contribution >= 0.6 is 11.8 Å². The highest BCUT2D eigenvalue weighted by Gasteiger charge is 2.32. The van der Waals surface area contributed by atoms with E-state index in [1.807, 2.05) is 49.4 Å². The van der Waals surface area contributed by atoms with Gasteiger partial charge in [-0.25, -0.2) is 4.99 Å². The lowest BCUT2D eigenvalue weighted by molar-refractivity contribution is -0.122. The zero-order valence-corrected chi connectivity index (χ0v) is 14.3. The Balaban J connectivity index is 1.89. The summed E-state index contributed by atoms with van der Waals surface area (Å²) in [6.45, 7) is 2.51. The Morgan fingerprint density at radius 3 is 2.71 bits per heavy atom. The summed E-state index contributed by atoms with van der Waals surface area (Å²) in [6.07, 6.45) is 5.25. The van der Waals surface area contributed by atoms with Crippen LogP contribution in [0.4, 0.5) is 5.69 Å². The van der Waals surface area contributed by atoms with Gasteiger partial charge < -0.3 is 4.74 Å². The molecule has 2 heterocycles. The van der Waals surface area contributed by atoms with Crippen molar-refractivity contribution in [1.82, 2.24) is 9.88 Å². The Kier molecular flexibility index (Phi) is 4.96. The normalized spacial score (nSPS) is 17.8. The van der Waals surface area contributed by atoms with E-state index in [4.69, 9.17) is 4.74 Å². The van der Waals surface area contributed by atoms with Crippen LogP contribution in [0.3, 0.4) is 0 Å². The van der Waals surface area contributed by atoms with Crippen molar-refractivity contribution in [2.75, 3.05) is 13.7 Å². The van der Waals surface area contributed by atoms with E-state index in [0.717, 1.165) is 17.0 Å². The topological polar surface area (TPSA) is 54.8 Å². The highest BCUT2D eigenvalue weighted by atomic mass is 32.2. The Hall–Kier alpha value is -2.60. The smallest absolute Gasteiger partial charge is 0.266 e. The van der Waals surface area contributed by atoms with Crippen LogP contribution in [-0.4, -0.2) is 34.6 Å². The number of thioether (sulfide) groups is 1. The van der Waals surface area contributed by atoms with Gasteiger partial charge in [0.2, 0.25) is 0 Å². The molecular formula is C18H17N3O2S. The van der Waals surface area contributed by atoms with Gasteiger partial charge in [0.05, 0.1) is 23.9 Å². The fraction of sp³-hybridized carbons (Fsp3) is 0.167. The third-order valence-corrected chi connectivity index (χ3v) is 4.50. The number of amidine groups is 1. The number of aliphatic imine (C=N–C) groups is 1. The molecule has 1 aliphatic heterocycles. The van der Waals surface area contributed by atoms with Crippen molar-refractivity contribution in [1.29, 1.82) is 0 Å². The number of likely N-dealkylation sites (N-methyl/N-ethyl adjacent to an activating group) is 1. The average Bonchev–Trinajstić information content (AvgIpc) is 2.91. The van der Waals surface area contributed by atoms with Gasteiger partial charge in [0, 0.05) is 12.7 Å². The van der Waals surface area contributed by atoms with Gasteiger partial charge >= 0.3 is 0 Å². The molecule has 1 amide bonds. The average molecular weight is 339 g/mol. The lowest BCUT2D eigenvalue weighted by Gasteiger charge is -2.11. The van der Waals surface area contributed by atoms with Gasteiger partial charge in [0.15, 0.2) is 5.17 Å². The van der Waals surface area contributed by atoms with E-state index in [9.17, 15) is 4.79 Å². The summed E-state index contributed by atoms with van der Waals surface area (Å²) in [6, 6.07) is 11.3. The van der Waals surface area contributed by atoms with Crippen LogP contribution in [0.2, 0.25) is 0 Å². The van der Waals surface area contributed by atoms with Crippen molar-refractivity contribution < 1.29 is 9.53 Å². The van der Waals surface area contributed by atoms with E-state index in [1.54, 1.807) is 24.4 Å². The van der Waals surface area contributed by atoms with Crippen molar-refractivity contribution in [2.24, 2.45) is 4.99 Å². The Morgan fingerprint density at radius 1 is 1.29 bits per heavy atom. The zero-order valence-electron chi connectivity index (χ0n) is 13.5. The highest BCUT2D eigenvalue weighted by molar-refractivity contribution is 8.18. The predicted molar refractivity (Wildman–Crippen MR) is 97.3 cm³/mol. The summed E-state index contributed by atoms with van der Waals surface area (Å²) in [5.74, 6) is 0.762. The summed E-state index contributed by atoms with van der Waals surface area (Å²) in [5.41, 5.74) is 1.68. The maximum atomic E-state index is 12.6. The molecule has 2 aromatic rings. The molecule has 122 valence electrons. The SMILES string of the molecule is CCN1C(=O)/C(=C/c2ccc(OC)cc2)SC1=Nc1cccnc1. The first-order valence-corrected chi connectivity index (χ1v) is 8.37. The Labute approximate surface area is 145 Å². The number of carbonyl (C=O) groups excluding carboxylic acids is 1.